The SMILES string of the molecule is Cc1ccc(C23C[C@@H]4C[C@@H](CC(C(=O)NN(C)C)(C4)C2)C3)cc1. The molecule has 124 valence electrons. The van der Waals surface area contributed by atoms with Gasteiger partial charge in [-0.1, -0.05) is 29.8 Å². The highest BCUT2D eigenvalue weighted by atomic mass is 16.2. The molecule has 1 aromatic carbocycles. The van der Waals surface area contributed by atoms with E-state index in [2.05, 4.69) is 36.6 Å². The van der Waals surface area contributed by atoms with Crippen LogP contribution in [0, 0.1) is 24.2 Å². The zero-order valence-electron chi connectivity index (χ0n) is 14.6. The largest absolute Gasteiger partial charge is 0.289 e. The Labute approximate surface area is 139 Å². The van der Waals surface area contributed by atoms with Crippen LogP contribution in [0.5, 0.6) is 0 Å². The van der Waals surface area contributed by atoms with E-state index >= 15 is 0 Å². The molecule has 0 aromatic heterocycles. The fraction of sp³-hybridized carbons (Fsp3) is 0.650. The molecule has 0 radical (unpaired) electrons. The first-order valence-corrected chi connectivity index (χ1v) is 8.96. The minimum Gasteiger partial charge on any atom is -0.289 e. The molecule has 4 bridgehead atoms. The van der Waals surface area contributed by atoms with Crippen molar-refractivity contribution in [2.45, 2.75) is 50.9 Å². The molecular formula is C20H28N2O. The smallest absolute Gasteiger partial charge is 0.240 e. The van der Waals surface area contributed by atoms with E-state index in [9.17, 15) is 4.79 Å². The number of amides is 1. The van der Waals surface area contributed by atoms with Crippen LogP contribution in [0.1, 0.15) is 49.7 Å². The van der Waals surface area contributed by atoms with E-state index in [1.165, 1.54) is 30.4 Å². The Balaban J connectivity index is 1.70. The molecule has 1 amide bonds. The summed E-state index contributed by atoms with van der Waals surface area (Å²) in [4.78, 5) is 13.0. The second kappa shape index (κ2) is 5.07. The van der Waals surface area contributed by atoms with Crippen LogP contribution in [-0.2, 0) is 10.2 Å². The van der Waals surface area contributed by atoms with Crippen molar-refractivity contribution >= 4 is 5.91 Å². The molecule has 4 aliphatic carbocycles. The van der Waals surface area contributed by atoms with Gasteiger partial charge in [-0.15, -0.1) is 0 Å². The summed E-state index contributed by atoms with van der Waals surface area (Å²) in [6, 6.07) is 9.11. The third-order valence-electron chi connectivity index (χ3n) is 6.53. The van der Waals surface area contributed by atoms with Gasteiger partial charge in [-0.25, -0.2) is 5.01 Å². The maximum atomic E-state index is 13.0. The molecule has 0 spiro atoms. The van der Waals surface area contributed by atoms with Gasteiger partial charge >= 0.3 is 0 Å². The van der Waals surface area contributed by atoms with Crippen molar-refractivity contribution in [1.82, 2.24) is 10.4 Å². The van der Waals surface area contributed by atoms with Crippen molar-refractivity contribution in [2.24, 2.45) is 17.3 Å². The van der Waals surface area contributed by atoms with Gasteiger partial charge in [0, 0.05) is 14.1 Å². The van der Waals surface area contributed by atoms with Gasteiger partial charge in [0.2, 0.25) is 5.91 Å². The highest BCUT2D eigenvalue weighted by Crippen LogP contribution is 2.65. The van der Waals surface area contributed by atoms with Crippen LogP contribution in [0.15, 0.2) is 24.3 Å². The van der Waals surface area contributed by atoms with Crippen LogP contribution in [0.3, 0.4) is 0 Å². The maximum Gasteiger partial charge on any atom is 0.240 e. The molecular weight excluding hydrogens is 284 g/mol. The highest BCUT2D eigenvalue weighted by molar-refractivity contribution is 5.83. The number of hydrogen-bond donors (Lipinski definition) is 1. The number of carbonyl (C=O) groups excluding carboxylic acids is 1. The van der Waals surface area contributed by atoms with Crippen molar-refractivity contribution in [2.75, 3.05) is 14.1 Å². The standard InChI is InChI=1S/C20H28N2O/c1-14-4-6-17(7-5-14)19-9-15-8-16(10-19)12-20(11-15,13-19)18(23)21-22(2)3/h4-7,15-16H,8-13H2,1-3H3,(H,21,23)/t15-,16+,19?,20?. The van der Waals surface area contributed by atoms with E-state index in [4.69, 9.17) is 0 Å². The molecule has 4 atom stereocenters. The van der Waals surface area contributed by atoms with Gasteiger partial charge in [-0.05, 0) is 68.3 Å². The molecule has 3 nitrogen and oxygen atoms in total. The normalized spacial score (nSPS) is 38.1. The predicted molar refractivity (Wildman–Crippen MR) is 91.8 cm³/mol. The molecule has 4 fully saturated rings. The number of hydrogen-bond acceptors (Lipinski definition) is 2. The lowest BCUT2D eigenvalue weighted by atomic mass is 9.42. The van der Waals surface area contributed by atoms with E-state index in [1.807, 2.05) is 14.1 Å². The highest BCUT2D eigenvalue weighted by Gasteiger charge is 2.60. The Kier molecular flexibility index (Phi) is 3.35. The molecule has 1 aromatic rings. The Hall–Kier alpha value is -1.35. The van der Waals surface area contributed by atoms with Crippen molar-refractivity contribution in [1.29, 1.82) is 0 Å². The van der Waals surface area contributed by atoms with Crippen LogP contribution in [0.25, 0.3) is 0 Å². The second-order valence-electron chi connectivity index (χ2n) is 8.72. The Morgan fingerprint density at radius 2 is 1.70 bits per heavy atom. The minimum absolute atomic E-state index is 0.140. The molecule has 3 heteroatoms. The molecule has 4 saturated carbocycles. The summed E-state index contributed by atoms with van der Waals surface area (Å²) >= 11 is 0. The summed E-state index contributed by atoms with van der Waals surface area (Å²) in [5.74, 6) is 1.71. The molecule has 0 heterocycles. The summed E-state index contributed by atoms with van der Waals surface area (Å²) in [6.07, 6.45) is 7.13. The number of nitrogens with one attached hydrogen (secondary N) is 1. The third-order valence-corrected chi connectivity index (χ3v) is 6.53. The van der Waals surface area contributed by atoms with Gasteiger partial charge in [-0.2, -0.15) is 0 Å². The first kappa shape index (κ1) is 15.2. The van der Waals surface area contributed by atoms with Crippen molar-refractivity contribution in [3.8, 4) is 0 Å². The third kappa shape index (κ3) is 2.40. The number of carbonyl (C=O) groups is 1. The lowest BCUT2D eigenvalue weighted by Gasteiger charge is -2.61. The maximum absolute atomic E-state index is 13.0. The molecule has 1 N–H and O–H groups in total. The van der Waals surface area contributed by atoms with Gasteiger partial charge in [-0.3, -0.25) is 10.2 Å². The quantitative estimate of drug-likeness (QED) is 0.867. The van der Waals surface area contributed by atoms with E-state index in [0.717, 1.165) is 31.1 Å². The Morgan fingerprint density at radius 3 is 2.26 bits per heavy atom. The van der Waals surface area contributed by atoms with E-state index < -0.39 is 0 Å². The van der Waals surface area contributed by atoms with Crippen LogP contribution >= 0.6 is 0 Å². The lowest BCUT2D eigenvalue weighted by Crippen LogP contribution is -2.60. The average molecular weight is 312 g/mol. The van der Waals surface area contributed by atoms with E-state index in [0.29, 0.717) is 0 Å². The molecule has 0 aliphatic heterocycles. The van der Waals surface area contributed by atoms with Gasteiger partial charge in [0.05, 0.1) is 5.41 Å². The number of hydrazine groups is 1. The number of rotatable bonds is 3. The first-order valence-electron chi connectivity index (χ1n) is 8.96. The van der Waals surface area contributed by atoms with Gasteiger partial charge in [0.15, 0.2) is 0 Å². The summed E-state index contributed by atoms with van der Waals surface area (Å²) < 4.78 is 0. The first-order chi connectivity index (χ1) is 10.9. The van der Waals surface area contributed by atoms with Crippen LogP contribution in [0.4, 0.5) is 0 Å². The Bertz CT molecular complexity index is 605. The Morgan fingerprint density at radius 1 is 1.09 bits per heavy atom. The summed E-state index contributed by atoms with van der Waals surface area (Å²) in [6.45, 7) is 2.15. The van der Waals surface area contributed by atoms with E-state index in [-0.39, 0.29) is 16.7 Å². The fourth-order valence-corrected chi connectivity index (χ4v) is 6.09. The van der Waals surface area contributed by atoms with Crippen molar-refractivity contribution in [3.05, 3.63) is 35.4 Å². The summed E-state index contributed by atoms with van der Waals surface area (Å²) in [5, 5.41) is 1.81. The summed E-state index contributed by atoms with van der Waals surface area (Å²) in [5.41, 5.74) is 5.96. The molecule has 5 rings (SSSR count). The zero-order chi connectivity index (χ0) is 16.2. The average Bonchev–Trinajstić information content (AvgIpc) is 2.45. The van der Waals surface area contributed by atoms with Gasteiger partial charge in [0.25, 0.3) is 0 Å². The predicted octanol–water partition coefficient (Wildman–Crippen LogP) is 3.43. The molecule has 23 heavy (non-hydrogen) atoms. The van der Waals surface area contributed by atoms with E-state index in [1.54, 1.807) is 5.01 Å². The fourth-order valence-electron chi connectivity index (χ4n) is 6.09. The molecule has 0 saturated heterocycles. The monoisotopic (exact) mass is 312 g/mol. The van der Waals surface area contributed by atoms with Crippen molar-refractivity contribution < 1.29 is 4.79 Å². The molecule has 2 unspecified atom stereocenters. The minimum atomic E-state index is -0.140. The van der Waals surface area contributed by atoms with Gasteiger partial charge < -0.3 is 0 Å². The van der Waals surface area contributed by atoms with Crippen LogP contribution in [-0.4, -0.2) is 25.0 Å². The van der Waals surface area contributed by atoms with Crippen LogP contribution < -0.4 is 5.43 Å². The number of benzene rings is 1. The lowest BCUT2D eigenvalue weighted by molar-refractivity contribution is -0.153. The van der Waals surface area contributed by atoms with Crippen LogP contribution in [0.2, 0.25) is 0 Å². The second-order valence-corrected chi connectivity index (χ2v) is 8.72. The van der Waals surface area contributed by atoms with Gasteiger partial charge in [0.1, 0.15) is 0 Å². The molecule has 4 aliphatic rings. The zero-order valence-corrected chi connectivity index (χ0v) is 14.6. The number of nitrogens with zero attached hydrogens (tertiary/aromatic N) is 1. The topological polar surface area (TPSA) is 32.3 Å². The number of aryl methyl sites for hydroxylation is 1. The van der Waals surface area contributed by atoms with Crippen molar-refractivity contribution in [3.63, 3.8) is 0 Å². The summed E-state index contributed by atoms with van der Waals surface area (Å²) in [7, 11) is 3.82.